The van der Waals surface area contributed by atoms with E-state index in [2.05, 4.69) is 9.36 Å². The van der Waals surface area contributed by atoms with Gasteiger partial charge in [0.15, 0.2) is 22.6 Å². The van der Waals surface area contributed by atoms with E-state index in [-0.39, 0.29) is 12.1 Å². The first-order chi connectivity index (χ1) is 7.83. The van der Waals surface area contributed by atoms with E-state index in [1.54, 1.807) is 0 Å². The summed E-state index contributed by atoms with van der Waals surface area (Å²) in [5, 5.41) is 0.743. The van der Waals surface area contributed by atoms with Crippen LogP contribution in [0.15, 0.2) is 24.3 Å². The summed E-state index contributed by atoms with van der Waals surface area (Å²) < 4.78 is 15.3. The van der Waals surface area contributed by atoms with Crippen molar-refractivity contribution in [3.05, 3.63) is 29.3 Å². The summed E-state index contributed by atoms with van der Waals surface area (Å²) in [4.78, 5) is 4.09. The largest absolute Gasteiger partial charge is 0.485 e. The molecule has 1 atom stereocenters. The van der Waals surface area contributed by atoms with Gasteiger partial charge in [0, 0.05) is 0 Å². The molecular formula is C10H9N3O2S. The van der Waals surface area contributed by atoms with Crippen molar-refractivity contribution < 1.29 is 9.47 Å². The maximum absolute atomic E-state index is 5.76. The maximum Gasteiger partial charge on any atom is 0.232 e. The molecule has 2 aromatic rings. The zero-order valence-electron chi connectivity index (χ0n) is 8.29. The van der Waals surface area contributed by atoms with Gasteiger partial charge in [-0.15, -0.1) is 0 Å². The van der Waals surface area contributed by atoms with Gasteiger partial charge in [0.05, 0.1) is 0 Å². The van der Waals surface area contributed by atoms with E-state index in [4.69, 9.17) is 15.2 Å². The number of hydrogen-bond acceptors (Lipinski definition) is 6. The lowest BCUT2D eigenvalue weighted by atomic mass is 10.2. The molecule has 2 heterocycles. The number of benzene rings is 1. The molecule has 0 saturated heterocycles. The molecule has 0 radical (unpaired) electrons. The molecule has 1 aromatic carbocycles. The average Bonchev–Trinajstić information content (AvgIpc) is 2.75. The first-order valence-corrected chi connectivity index (χ1v) is 5.58. The zero-order valence-corrected chi connectivity index (χ0v) is 9.11. The van der Waals surface area contributed by atoms with E-state index in [0.29, 0.717) is 6.61 Å². The molecule has 1 aliphatic rings. The number of hydrogen-bond donors (Lipinski definition) is 1. The maximum atomic E-state index is 5.76. The standard InChI is InChI=1S/C10H9N3O2S/c11-10-12-9(16-13-10)8-5-14-6-3-1-2-4-7(6)15-8/h1-4,8H,5H2,(H2,11,13). The number of nitrogens with two attached hydrogens (primary N) is 1. The third-order valence-corrected chi connectivity index (χ3v) is 3.06. The summed E-state index contributed by atoms with van der Waals surface area (Å²) in [6.07, 6.45) is -0.218. The van der Waals surface area contributed by atoms with Crippen LogP contribution in [0, 0.1) is 0 Å². The van der Waals surface area contributed by atoms with E-state index < -0.39 is 0 Å². The Balaban J connectivity index is 1.88. The normalized spacial score (nSPS) is 18.4. The van der Waals surface area contributed by atoms with Crippen LogP contribution in [-0.2, 0) is 0 Å². The van der Waals surface area contributed by atoms with Crippen LogP contribution in [0.25, 0.3) is 0 Å². The van der Waals surface area contributed by atoms with Crippen molar-refractivity contribution in [3.8, 4) is 11.5 Å². The van der Waals surface area contributed by atoms with E-state index in [1.807, 2.05) is 24.3 Å². The summed E-state index contributed by atoms with van der Waals surface area (Å²) in [6.45, 7) is 0.436. The molecular weight excluding hydrogens is 226 g/mol. The number of rotatable bonds is 1. The topological polar surface area (TPSA) is 70.3 Å². The van der Waals surface area contributed by atoms with Crippen molar-refractivity contribution >= 4 is 17.5 Å². The lowest BCUT2D eigenvalue weighted by molar-refractivity contribution is 0.0911. The minimum absolute atomic E-state index is 0.218. The molecule has 0 bridgehead atoms. The fraction of sp³-hybridized carbons (Fsp3) is 0.200. The van der Waals surface area contributed by atoms with Gasteiger partial charge < -0.3 is 15.2 Å². The molecule has 0 spiro atoms. The number of fused-ring (bicyclic) bond motifs is 1. The molecule has 0 aliphatic carbocycles. The predicted molar refractivity (Wildman–Crippen MR) is 59.6 cm³/mol. The first kappa shape index (κ1) is 9.41. The zero-order chi connectivity index (χ0) is 11.0. The second-order valence-electron chi connectivity index (χ2n) is 3.36. The fourth-order valence-corrected chi connectivity index (χ4v) is 2.12. The Kier molecular flexibility index (Phi) is 2.14. The summed E-state index contributed by atoms with van der Waals surface area (Å²) in [5.41, 5.74) is 5.47. The summed E-state index contributed by atoms with van der Waals surface area (Å²) in [6, 6.07) is 7.55. The van der Waals surface area contributed by atoms with Crippen LogP contribution in [0.3, 0.4) is 0 Å². The highest BCUT2D eigenvalue weighted by atomic mass is 32.1. The average molecular weight is 235 g/mol. The molecule has 0 saturated carbocycles. The van der Waals surface area contributed by atoms with Crippen LogP contribution >= 0.6 is 11.5 Å². The van der Waals surface area contributed by atoms with Gasteiger partial charge in [-0.2, -0.15) is 4.37 Å². The van der Waals surface area contributed by atoms with Crippen LogP contribution in [0.4, 0.5) is 5.95 Å². The minimum atomic E-state index is -0.218. The highest BCUT2D eigenvalue weighted by molar-refractivity contribution is 7.05. The summed E-state index contributed by atoms with van der Waals surface area (Å²) >= 11 is 1.24. The predicted octanol–water partition coefficient (Wildman–Crippen LogP) is 1.63. The number of ether oxygens (including phenoxy) is 2. The lowest BCUT2D eigenvalue weighted by Crippen LogP contribution is -2.21. The van der Waals surface area contributed by atoms with Gasteiger partial charge in [-0.05, 0) is 23.7 Å². The van der Waals surface area contributed by atoms with Crippen molar-refractivity contribution in [2.75, 3.05) is 12.3 Å². The van der Waals surface area contributed by atoms with Gasteiger partial charge in [-0.25, -0.2) is 4.98 Å². The van der Waals surface area contributed by atoms with Gasteiger partial charge in [0.2, 0.25) is 5.95 Å². The number of aromatic nitrogens is 2. The van der Waals surface area contributed by atoms with E-state index in [1.165, 1.54) is 11.5 Å². The third-order valence-electron chi connectivity index (χ3n) is 2.24. The van der Waals surface area contributed by atoms with Crippen LogP contribution < -0.4 is 15.2 Å². The Labute approximate surface area is 96.0 Å². The number of nitrogen functional groups attached to an aromatic ring is 1. The molecule has 0 amide bonds. The Morgan fingerprint density at radius 1 is 1.31 bits per heavy atom. The number of para-hydroxylation sites is 2. The van der Waals surface area contributed by atoms with Gasteiger partial charge in [-0.3, -0.25) is 0 Å². The molecule has 16 heavy (non-hydrogen) atoms. The second-order valence-corrected chi connectivity index (χ2v) is 4.14. The minimum Gasteiger partial charge on any atom is -0.485 e. The Hall–Kier alpha value is -1.82. The smallest absolute Gasteiger partial charge is 0.232 e. The fourth-order valence-electron chi connectivity index (χ4n) is 1.52. The van der Waals surface area contributed by atoms with Gasteiger partial charge in [-0.1, -0.05) is 12.1 Å². The highest BCUT2D eigenvalue weighted by Gasteiger charge is 2.25. The molecule has 0 fully saturated rings. The van der Waals surface area contributed by atoms with Crippen LogP contribution in [0.2, 0.25) is 0 Å². The molecule has 1 unspecified atom stereocenters. The quantitative estimate of drug-likeness (QED) is 0.813. The Morgan fingerprint density at radius 2 is 2.12 bits per heavy atom. The summed E-state index contributed by atoms with van der Waals surface area (Å²) in [5.74, 6) is 1.77. The molecule has 1 aliphatic heterocycles. The Bertz CT molecular complexity index is 514. The van der Waals surface area contributed by atoms with Crippen molar-refractivity contribution in [2.24, 2.45) is 0 Å². The van der Waals surface area contributed by atoms with Crippen LogP contribution in [0.5, 0.6) is 11.5 Å². The van der Waals surface area contributed by atoms with Gasteiger partial charge >= 0.3 is 0 Å². The molecule has 82 valence electrons. The molecule has 5 nitrogen and oxygen atoms in total. The number of nitrogens with zero attached hydrogens (tertiary/aromatic N) is 2. The third kappa shape index (κ3) is 1.57. The molecule has 6 heteroatoms. The van der Waals surface area contributed by atoms with E-state index in [0.717, 1.165) is 16.5 Å². The van der Waals surface area contributed by atoms with Gasteiger partial charge in [0.1, 0.15) is 6.61 Å². The lowest BCUT2D eigenvalue weighted by Gasteiger charge is -2.24. The SMILES string of the molecule is Nc1nsc(C2COc3ccccc3O2)n1. The van der Waals surface area contributed by atoms with Crippen molar-refractivity contribution in [2.45, 2.75) is 6.10 Å². The summed E-state index contributed by atoms with van der Waals surface area (Å²) in [7, 11) is 0. The first-order valence-electron chi connectivity index (χ1n) is 4.80. The van der Waals surface area contributed by atoms with Crippen molar-refractivity contribution in [3.63, 3.8) is 0 Å². The van der Waals surface area contributed by atoms with Crippen LogP contribution in [0.1, 0.15) is 11.1 Å². The van der Waals surface area contributed by atoms with E-state index >= 15 is 0 Å². The monoisotopic (exact) mass is 235 g/mol. The van der Waals surface area contributed by atoms with Crippen molar-refractivity contribution in [1.29, 1.82) is 0 Å². The molecule has 2 N–H and O–H groups in total. The van der Waals surface area contributed by atoms with E-state index in [9.17, 15) is 0 Å². The highest BCUT2D eigenvalue weighted by Crippen LogP contribution is 2.36. The molecule has 1 aromatic heterocycles. The van der Waals surface area contributed by atoms with Gasteiger partial charge in [0.25, 0.3) is 0 Å². The van der Waals surface area contributed by atoms with Crippen molar-refractivity contribution in [1.82, 2.24) is 9.36 Å². The number of anilines is 1. The molecule has 3 rings (SSSR count). The second kappa shape index (κ2) is 3.64. The van der Waals surface area contributed by atoms with Crippen LogP contribution in [-0.4, -0.2) is 16.0 Å². The Morgan fingerprint density at radius 3 is 2.88 bits per heavy atom.